The summed E-state index contributed by atoms with van der Waals surface area (Å²) in [6, 6.07) is 8.14. The van der Waals surface area contributed by atoms with Crippen molar-refractivity contribution in [3.8, 4) is 0 Å². The van der Waals surface area contributed by atoms with Crippen LogP contribution < -0.4 is 5.32 Å². The van der Waals surface area contributed by atoms with Crippen LogP contribution in [0.25, 0.3) is 11.0 Å². The molecule has 1 atom stereocenters. The summed E-state index contributed by atoms with van der Waals surface area (Å²) in [5.74, 6) is 1.59. The molecule has 0 radical (unpaired) electrons. The molecule has 1 aliphatic rings. The molecule has 2 aromatic heterocycles. The Bertz CT molecular complexity index is 926. The average molecular weight is 380 g/mol. The molecule has 0 spiro atoms. The molecule has 1 unspecified atom stereocenters. The number of carbonyl (C=O) groups is 1. The number of amides is 1. The van der Waals surface area contributed by atoms with E-state index >= 15 is 0 Å². The molecule has 1 amide bonds. The van der Waals surface area contributed by atoms with E-state index in [4.69, 9.17) is 4.98 Å². The molecular formula is C21H28N6O. The third-order valence-corrected chi connectivity index (χ3v) is 5.44. The van der Waals surface area contributed by atoms with Gasteiger partial charge in [0.1, 0.15) is 5.82 Å². The number of para-hydroxylation sites is 2. The van der Waals surface area contributed by atoms with Gasteiger partial charge in [0.05, 0.1) is 29.0 Å². The zero-order valence-corrected chi connectivity index (χ0v) is 16.6. The van der Waals surface area contributed by atoms with Crippen LogP contribution in [-0.4, -0.2) is 50.2 Å². The highest BCUT2D eigenvalue weighted by molar-refractivity contribution is 5.92. The predicted octanol–water partition coefficient (Wildman–Crippen LogP) is 2.98. The number of nitrogens with one attached hydrogen (secondary N) is 2. The highest BCUT2D eigenvalue weighted by Crippen LogP contribution is 2.21. The number of anilines is 1. The number of likely N-dealkylation sites (tertiary alicyclic amines) is 1. The molecule has 3 aromatic rings. The lowest BCUT2D eigenvalue weighted by Gasteiger charge is -2.31. The molecule has 1 fully saturated rings. The minimum atomic E-state index is 0.0307. The van der Waals surface area contributed by atoms with Crippen molar-refractivity contribution in [2.45, 2.75) is 39.7 Å². The number of benzene rings is 1. The second-order valence-electron chi connectivity index (χ2n) is 7.68. The molecule has 1 aromatic carbocycles. The normalized spacial score (nSPS) is 17.9. The molecule has 0 aliphatic carbocycles. The van der Waals surface area contributed by atoms with Crippen molar-refractivity contribution in [1.82, 2.24) is 24.6 Å². The largest absolute Gasteiger partial charge is 0.342 e. The quantitative estimate of drug-likeness (QED) is 0.689. The van der Waals surface area contributed by atoms with Crippen LogP contribution in [0.1, 0.15) is 31.3 Å². The Morgan fingerprint density at radius 2 is 2.21 bits per heavy atom. The number of piperidine rings is 1. The Hall–Kier alpha value is -2.67. The molecule has 2 N–H and O–H groups in total. The molecule has 4 rings (SSSR count). The van der Waals surface area contributed by atoms with Gasteiger partial charge in [-0.3, -0.25) is 14.4 Å². The summed E-state index contributed by atoms with van der Waals surface area (Å²) in [5, 5.41) is 7.40. The Morgan fingerprint density at radius 3 is 3.00 bits per heavy atom. The van der Waals surface area contributed by atoms with E-state index in [0.29, 0.717) is 12.5 Å². The number of hydrogen-bond acceptors (Lipinski definition) is 4. The van der Waals surface area contributed by atoms with E-state index in [-0.39, 0.29) is 5.91 Å². The summed E-state index contributed by atoms with van der Waals surface area (Å²) < 4.78 is 1.84. The van der Waals surface area contributed by atoms with E-state index in [1.807, 2.05) is 42.9 Å². The van der Waals surface area contributed by atoms with E-state index in [0.717, 1.165) is 60.7 Å². The van der Waals surface area contributed by atoms with Crippen molar-refractivity contribution < 1.29 is 4.79 Å². The second-order valence-corrected chi connectivity index (χ2v) is 7.68. The predicted molar refractivity (Wildman–Crippen MR) is 110 cm³/mol. The maximum atomic E-state index is 12.5. The van der Waals surface area contributed by atoms with Crippen LogP contribution in [0.4, 0.5) is 5.69 Å². The van der Waals surface area contributed by atoms with Gasteiger partial charge in [0, 0.05) is 25.7 Å². The van der Waals surface area contributed by atoms with Crippen LogP contribution in [0.3, 0.4) is 0 Å². The maximum absolute atomic E-state index is 12.5. The fourth-order valence-corrected chi connectivity index (χ4v) is 4.03. The molecule has 0 bridgehead atoms. The van der Waals surface area contributed by atoms with Gasteiger partial charge < -0.3 is 10.3 Å². The lowest BCUT2D eigenvalue weighted by Crippen LogP contribution is -2.41. The first-order chi connectivity index (χ1) is 13.6. The molecule has 3 heterocycles. The first kappa shape index (κ1) is 18.7. The van der Waals surface area contributed by atoms with Crippen LogP contribution in [0.5, 0.6) is 0 Å². The molecule has 28 heavy (non-hydrogen) atoms. The summed E-state index contributed by atoms with van der Waals surface area (Å²) in [6.07, 6.45) is 5.12. The lowest BCUT2D eigenvalue weighted by molar-refractivity contribution is -0.117. The van der Waals surface area contributed by atoms with Crippen LogP contribution in [0.15, 0.2) is 30.5 Å². The Balaban J connectivity index is 1.32. The van der Waals surface area contributed by atoms with Crippen LogP contribution in [-0.2, 0) is 17.8 Å². The van der Waals surface area contributed by atoms with Crippen molar-refractivity contribution in [2.24, 2.45) is 5.92 Å². The highest BCUT2D eigenvalue weighted by atomic mass is 16.2. The number of imidazole rings is 1. The SMILES string of the molecule is CCn1cc(NC(=O)CN2CCCC(Cc3nc4ccccc4[nH]3)C2)c(C)n1. The van der Waals surface area contributed by atoms with Gasteiger partial charge in [0.15, 0.2) is 0 Å². The van der Waals surface area contributed by atoms with Gasteiger partial charge in [-0.05, 0) is 51.3 Å². The first-order valence-electron chi connectivity index (χ1n) is 10.1. The number of aromatic nitrogens is 4. The van der Waals surface area contributed by atoms with Gasteiger partial charge in [-0.25, -0.2) is 4.98 Å². The third kappa shape index (κ3) is 4.25. The van der Waals surface area contributed by atoms with Crippen LogP contribution in [0.2, 0.25) is 0 Å². The Kier molecular flexibility index (Phi) is 5.43. The highest BCUT2D eigenvalue weighted by Gasteiger charge is 2.23. The van der Waals surface area contributed by atoms with E-state index in [1.54, 1.807) is 0 Å². The standard InChI is InChI=1S/C21H28N6O/c1-3-27-13-19(15(2)25-27)24-21(28)14-26-10-6-7-16(12-26)11-20-22-17-8-4-5-9-18(17)23-20/h4-5,8-9,13,16H,3,6-7,10-12,14H2,1-2H3,(H,22,23)(H,24,28). The van der Waals surface area contributed by atoms with Gasteiger partial charge in [0.25, 0.3) is 0 Å². The second kappa shape index (κ2) is 8.14. The molecule has 0 saturated carbocycles. The summed E-state index contributed by atoms with van der Waals surface area (Å²) in [4.78, 5) is 22.9. The van der Waals surface area contributed by atoms with Crippen molar-refractivity contribution in [1.29, 1.82) is 0 Å². The number of aromatic amines is 1. The van der Waals surface area contributed by atoms with E-state index in [9.17, 15) is 4.79 Å². The van der Waals surface area contributed by atoms with E-state index in [1.165, 1.54) is 6.42 Å². The summed E-state index contributed by atoms with van der Waals surface area (Å²) in [7, 11) is 0. The summed E-state index contributed by atoms with van der Waals surface area (Å²) in [5.41, 5.74) is 3.78. The number of H-pyrrole nitrogens is 1. The number of rotatable bonds is 6. The van der Waals surface area contributed by atoms with Crippen LogP contribution in [0, 0.1) is 12.8 Å². The first-order valence-corrected chi connectivity index (χ1v) is 10.1. The summed E-state index contributed by atoms with van der Waals surface area (Å²) >= 11 is 0. The number of aryl methyl sites for hydroxylation is 2. The summed E-state index contributed by atoms with van der Waals surface area (Å²) in [6.45, 7) is 7.08. The molecule has 7 nitrogen and oxygen atoms in total. The van der Waals surface area contributed by atoms with Crippen molar-refractivity contribution in [3.63, 3.8) is 0 Å². The van der Waals surface area contributed by atoms with Gasteiger partial charge in [0.2, 0.25) is 5.91 Å². The molecular weight excluding hydrogens is 352 g/mol. The zero-order valence-electron chi connectivity index (χ0n) is 16.6. The van der Waals surface area contributed by atoms with Crippen molar-refractivity contribution in [2.75, 3.05) is 25.0 Å². The number of nitrogens with zero attached hydrogens (tertiary/aromatic N) is 4. The third-order valence-electron chi connectivity index (χ3n) is 5.44. The molecule has 1 saturated heterocycles. The van der Waals surface area contributed by atoms with E-state index < -0.39 is 0 Å². The number of fused-ring (bicyclic) bond motifs is 1. The molecule has 1 aliphatic heterocycles. The molecule has 148 valence electrons. The minimum absolute atomic E-state index is 0.0307. The number of hydrogen-bond donors (Lipinski definition) is 2. The maximum Gasteiger partial charge on any atom is 0.238 e. The fraction of sp³-hybridized carbons (Fsp3) is 0.476. The zero-order chi connectivity index (χ0) is 19.5. The molecule has 7 heteroatoms. The van der Waals surface area contributed by atoms with Crippen molar-refractivity contribution in [3.05, 3.63) is 42.0 Å². The monoisotopic (exact) mass is 380 g/mol. The fourth-order valence-electron chi connectivity index (χ4n) is 4.03. The van der Waals surface area contributed by atoms with Gasteiger partial charge in [-0.2, -0.15) is 5.10 Å². The topological polar surface area (TPSA) is 78.8 Å². The lowest BCUT2D eigenvalue weighted by atomic mass is 9.94. The average Bonchev–Trinajstić information content (AvgIpc) is 3.24. The van der Waals surface area contributed by atoms with Gasteiger partial charge in [-0.1, -0.05) is 12.1 Å². The van der Waals surface area contributed by atoms with E-state index in [2.05, 4.69) is 26.4 Å². The number of carbonyl (C=O) groups excluding carboxylic acids is 1. The Labute approximate surface area is 165 Å². The van der Waals surface area contributed by atoms with Gasteiger partial charge in [-0.15, -0.1) is 0 Å². The minimum Gasteiger partial charge on any atom is -0.342 e. The van der Waals surface area contributed by atoms with Crippen molar-refractivity contribution >= 4 is 22.6 Å². The Morgan fingerprint density at radius 1 is 1.36 bits per heavy atom. The van der Waals surface area contributed by atoms with Crippen LogP contribution >= 0.6 is 0 Å². The van der Waals surface area contributed by atoms with Gasteiger partial charge >= 0.3 is 0 Å². The smallest absolute Gasteiger partial charge is 0.238 e.